The van der Waals surface area contributed by atoms with Crippen molar-refractivity contribution in [2.24, 2.45) is 11.8 Å². The lowest BCUT2D eigenvalue weighted by Gasteiger charge is -2.27. The third-order valence-electron chi connectivity index (χ3n) is 5.83. The monoisotopic (exact) mass is 361 g/mol. The molecular formula is C20H31N3O3. The van der Waals surface area contributed by atoms with E-state index in [1.807, 2.05) is 33.8 Å². The maximum Gasteiger partial charge on any atom is 0.248 e. The molecule has 0 aromatic rings. The van der Waals surface area contributed by atoms with Crippen molar-refractivity contribution in [2.75, 3.05) is 13.1 Å². The van der Waals surface area contributed by atoms with Crippen LogP contribution in [0.25, 0.3) is 0 Å². The number of fused-ring (bicyclic) bond motifs is 1. The number of likely N-dealkylation sites (tertiary alicyclic amines) is 1. The van der Waals surface area contributed by atoms with Gasteiger partial charge in [-0.3, -0.25) is 24.6 Å². The van der Waals surface area contributed by atoms with Gasteiger partial charge in [-0.15, -0.1) is 0 Å². The van der Waals surface area contributed by atoms with E-state index in [4.69, 9.17) is 0 Å². The van der Waals surface area contributed by atoms with Crippen molar-refractivity contribution < 1.29 is 14.4 Å². The van der Waals surface area contributed by atoms with Crippen LogP contribution in [-0.2, 0) is 14.4 Å². The Balaban J connectivity index is 1.49. The second-order valence-corrected chi connectivity index (χ2v) is 8.96. The molecule has 2 atom stereocenters. The lowest BCUT2D eigenvalue weighted by Crippen LogP contribution is -2.47. The molecule has 0 aromatic carbocycles. The van der Waals surface area contributed by atoms with Crippen LogP contribution in [0.2, 0.25) is 0 Å². The molecule has 144 valence electrons. The van der Waals surface area contributed by atoms with Gasteiger partial charge in [0, 0.05) is 29.7 Å². The van der Waals surface area contributed by atoms with Crippen molar-refractivity contribution in [3.05, 3.63) is 11.6 Å². The summed E-state index contributed by atoms with van der Waals surface area (Å²) in [4.78, 5) is 38.8. The Hall–Kier alpha value is -1.69. The van der Waals surface area contributed by atoms with Gasteiger partial charge in [0.1, 0.15) is 0 Å². The summed E-state index contributed by atoms with van der Waals surface area (Å²) in [6, 6.07) is 0. The normalized spacial score (nSPS) is 29.5. The minimum absolute atomic E-state index is 0.00314. The molecule has 3 aliphatic rings. The number of nitrogens with one attached hydrogen (secondary N) is 2. The summed E-state index contributed by atoms with van der Waals surface area (Å²) in [6.07, 6.45) is 6.33. The Bertz CT molecular complexity index is 627. The number of nitrogens with zero attached hydrogens (tertiary/aromatic N) is 1. The van der Waals surface area contributed by atoms with E-state index in [2.05, 4.69) is 10.6 Å². The fraction of sp³-hybridized carbons (Fsp3) is 0.750. The van der Waals surface area contributed by atoms with E-state index in [9.17, 15) is 14.4 Å². The zero-order valence-corrected chi connectivity index (χ0v) is 16.4. The summed E-state index contributed by atoms with van der Waals surface area (Å²) in [7, 11) is 0. The van der Waals surface area contributed by atoms with Gasteiger partial charge in [0.15, 0.2) is 0 Å². The Morgan fingerprint density at radius 2 is 1.73 bits per heavy atom. The highest BCUT2D eigenvalue weighted by atomic mass is 16.2. The topological polar surface area (TPSA) is 78.5 Å². The molecule has 0 bridgehead atoms. The van der Waals surface area contributed by atoms with Gasteiger partial charge >= 0.3 is 0 Å². The van der Waals surface area contributed by atoms with Gasteiger partial charge in [-0.2, -0.15) is 0 Å². The van der Waals surface area contributed by atoms with Crippen molar-refractivity contribution in [1.29, 1.82) is 0 Å². The smallest absolute Gasteiger partial charge is 0.248 e. The highest BCUT2D eigenvalue weighted by Crippen LogP contribution is 2.38. The number of carbonyl (C=O) groups is 3. The van der Waals surface area contributed by atoms with Gasteiger partial charge in [-0.05, 0) is 47.0 Å². The molecule has 6 heteroatoms. The Morgan fingerprint density at radius 3 is 2.23 bits per heavy atom. The predicted octanol–water partition coefficient (Wildman–Crippen LogP) is 1.75. The summed E-state index contributed by atoms with van der Waals surface area (Å²) < 4.78 is 0. The number of amides is 3. The van der Waals surface area contributed by atoms with Gasteiger partial charge in [-0.25, -0.2) is 0 Å². The van der Waals surface area contributed by atoms with Crippen LogP contribution in [0.15, 0.2) is 11.6 Å². The predicted molar refractivity (Wildman–Crippen MR) is 99.2 cm³/mol. The molecule has 2 unspecified atom stereocenters. The van der Waals surface area contributed by atoms with E-state index in [0.717, 1.165) is 31.3 Å². The van der Waals surface area contributed by atoms with Crippen molar-refractivity contribution in [1.82, 2.24) is 15.5 Å². The van der Waals surface area contributed by atoms with E-state index in [-0.39, 0.29) is 40.6 Å². The van der Waals surface area contributed by atoms with Crippen molar-refractivity contribution >= 4 is 17.7 Å². The van der Waals surface area contributed by atoms with E-state index in [1.165, 1.54) is 4.90 Å². The summed E-state index contributed by atoms with van der Waals surface area (Å²) >= 11 is 0. The lowest BCUT2D eigenvalue weighted by atomic mass is 9.81. The van der Waals surface area contributed by atoms with Gasteiger partial charge in [0.05, 0.1) is 11.8 Å². The largest absolute Gasteiger partial charge is 0.352 e. The number of carbonyl (C=O) groups excluding carboxylic acids is 3. The van der Waals surface area contributed by atoms with Crippen molar-refractivity contribution in [3.63, 3.8) is 0 Å². The average Bonchev–Trinajstić information content (AvgIpc) is 2.94. The molecular weight excluding hydrogens is 330 g/mol. The zero-order chi connectivity index (χ0) is 19.1. The molecule has 0 radical (unpaired) electrons. The third-order valence-corrected chi connectivity index (χ3v) is 5.83. The molecule has 2 aliphatic heterocycles. The highest BCUT2D eigenvalue weighted by Gasteiger charge is 2.47. The summed E-state index contributed by atoms with van der Waals surface area (Å²) in [5, 5.41) is 6.36. The molecule has 2 heterocycles. The van der Waals surface area contributed by atoms with Gasteiger partial charge in [0.25, 0.3) is 0 Å². The second kappa shape index (κ2) is 6.80. The Labute approximate surface area is 155 Å². The lowest BCUT2D eigenvalue weighted by molar-refractivity contribution is -0.139. The summed E-state index contributed by atoms with van der Waals surface area (Å²) in [5.74, 6) is -0.277. The van der Waals surface area contributed by atoms with E-state index < -0.39 is 0 Å². The molecule has 2 fully saturated rings. The van der Waals surface area contributed by atoms with Gasteiger partial charge < -0.3 is 5.32 Å². The highest BCUT2D eigenvalue weighted by molar-refractivity contribution is 6.05. The molecule has 1 aliphatic carbocycles. The molecule has 3 amide bonds. The average molecular weight is 361 g/mol. The van der Waals surface area contributed by atoms with Gasteiger partial charge in [-0.1, -0.05) is 18.9 Å². The molecule has 3 rings (SSSR count). The molecule has 0 aromatic heterocycles. The Morgan fingerprint density at radius 1 is 1.15 bits per heavy atom. The number of imide groups is 1. The first kappa shape index (κ1) is 19.1. The van der Waals surface area contributed by atoms with Crippen LogP contribution >= 0.6 is 0 Å². The molecule has 1 saturated carbocycles. The molecule has 0 spiro atoms. The van der Waals surface area contributed by atoms with Crippen LogP contribution in [0.3, 0.4) is 0 Å². The van der Waals surface area contributed by atoms with Crippen LogP contribution < -0.4 is 10.6 Å². The fourth-order valence-electron chi connectivity index (χ4n) is 4.79. The molecule has 26 heavy (non-hydrogen) atoms. The minimum Gasteiger partial charge on any atom is -0.352 e. The van der Waals surface area contributed by atoms with Crippen LogP contribution in [0, 0.1) is 11.8 Å². The molecule has 6 nitrogen and oxygen atoms in total. The molecule has 2 N–H and O–H groups in total. The van der Waals surface area contributed by atoms with E-state index in [0.29, 0.717) is 19.5 Å². The number of hydrogen-bond acceptors (Lipinski definition) is 4. The van der Waals surface area contributed by atoms with Crippen molar-refractivity contribution in [3.8, 4) is 0 Å². The summed E-state index contributed by atoms with van der Waals surface area (Å²) in [6.45, 7) is 8.93. The molecule has 1 saturated heterocycles. The first-order chi connectivity index (χ1) is 12.1. The first-order valence-electron chi connectivity index (χ1n) is 9.78. The third kappa shape index (κ3) is 3.56. The summed E-state index contributed by atoms with van der Waals surface area (Å²) in [5.41, 5.74) is 0.159. The van der Waals surface area contributed by atoms with Crippen LogP contribution in [0.4, 0.5) is 0 Å². The van der Waals surface area contributed by atoms with Crippen LogP contribution in [0.1, 0.15) is 59.8 Å². The first-order valence-corrected chi connectivity index (χ1v) is 9.78. The standard InChI is InChI=1S/C20H31N3O3/c1-19(2)12-15(20(3,4)22-19)16(24)21-10-7-11-23-17(25)13-8-5-6-9-14(13)18(23)26/h12-14,22H,5-11H2,1-4H3,(H,21,24). The van der Waals surface area contributed by atoms with Crippen LogP contribution in [0.5, 0.6) is 0 Å². The number of hydrogen-bond donors (Lipinski definition) is 2. The Kier molecular flexibility index (Phi) is 4.99. The SMILES string of the molecule is CC1(C)C=C(C(=O)NCCCN2C(=O)C3CCCCC3C2=O)C(C)(C)N1. The minimum atomic E-state index is -0.371. The fourth-order valence-corrected chi connectivity index (χ4v) is 4.79. The van der Waals surface area contributed by atoms with E-state index in [1.54, 1.807) is 0 Å². The van der Waals surface area contributed by atoms with Crippen LogP contribution in [-0.4, -0.2) is 46.8 Å². The maximum absolute atomic E-state index is 12.5. The van der Waals surface area contributed by atoms with Crippen molar-refractivity contribution in [2.45, 2.75) is 70.9 Å². The second-order valence-electron chi connectivity index (χ2n) is 8.96. The van der Waals surface area contributed by atoms with Gasteiger partial charge in [0.2, 0.25) is 17.7 Å². The maximum atomic E-state index is 12.5. The number of rotatable bonds is 5. The van der Waals surface area contributed by atoms with E-state index >= 15 is 0 Å². The quantitative estimate of drug-likeness (QED) is 0.578. The zero-order valence-electron chi connectivity index (χ0n) is 16.4.